The van der Waals surface area contributed by atoms with Crippen molar-refractivity contribution in [1.82, 2.24) is 9.47 Å². The normalized spacial score (nSPS) is 18.9. The van der Waals surface area contributed by atoms with E-state index in [2.05, 4.69) is 12.1 Å². The van der Waals surface area contributed by atoms with Crippen molar-refractivity contribution in [2.45, 2.75) is 38.5 Å². The van der Waals surface area contributed by atoms with Crippen LogP contribution >= 0.6 is 0 Å². The van der Waals surface area contributed by atoms with E-state index in [0.717, 1.165) is 55.4 Å². The predicted octanol–water partition coefficient (Wildman–Crippen LogP) is 2.99. The summed E-state index contributed by atoms with van der Waals surface area (Å²) in [6.45, 7) is 4.80. The minimum absolute atomic E-state index is 0.0218. The topological polar surface area (TPSA) is 60.8 Å². The Labute approximate surface area is 171 Å². The van der Waals surface area contributed by atoms with E-state index >= 15 is 0 Å². The molecular formula is C23H30N2O4. The van der Waals surface area contributed by atoms with Crippen LogP contribution in [0.3, 0.4) is 0 Å². The lowest BCUT2D eigenvalue weighted by Crippen LogP contribution is -2.42. The summed E-state index contributed by atoms with van der Waals surface area (Å²) in [5, 5.41) is 0.961. The lowest BCUT2D eigenvalue weighted by Gasteiger charge is -2.35. The van der Waals surface area contributed by atoms with Crippen molar-refractivity contribution in [2.24, 2.45) is 13.0 Å². The second kappa shape index (κ2) is 8.19. The number of carbonyl (C=O) groups excluding carboxylic acids is 1. The summed E-state index contributed by atoms with van der Waals surface area (Å²) >= 11 is 0. The molecule has 2 aliphatic rings. The molecule has 2 saturated heterocycles. The summed E-state index contributed by atoms with van der Waals surface area (Å²) in [7, 11) is 3.49. The van der Waals surface area contributed by atoms with Crippen LogP contribution in [0, 0.1) is 12.8 Å². The molecule has 1 aromatic carbocycles. The van der Waals surface area contributed by atoms with E-state index in [4.69, 9.17) is 9.47 Å². The van der Waals surface area contributed by atoms with E-state index in [1.54, 1.807) is 11.7 Å². The smallest absolute Gasteiger partial charge is 0.253 e. The Balaban J connectivity index is 1.55. The van der Waals surface area contributed by atoms with Gasteiger partial charge in [0.05, 0.1) is 12.6 Å². The van der Waals surface area contributed by atoms with Gasteiger partial charge < -0.3 is 18.9 Å². The lowest BCUT2D eigenvalue weighted by atomic mass is 9.87. The largest absolute Gasteiger partial charge is 0.496 e. The van der Waals surface area contributed by atoms with Gasteiger partial charge in [-0.2, -0.15) is 0 Å². The number of methoxy groups -OCH3 is 1. The van der Waals surface area contributed by atoms with Crippen LogP contribution in [0.15, 0.2) is 23.0 Å². The van der Waals surface area contributed by atoms with Gasteiger partial charge in [-0.25, -0.2) is 0 Å². The fourth-order valence-corrected chi connectivity index (χ4v) is 4.75. The van der Waals surface area contributed by atoms with Crippen LogP contribution in [-0.2, 0) is 16.6 Å². The van der Waals surface area contributed by atoms with E-state index < -0.39 is 0 Å². The van der Waals surface area contributed by atoms with Gasteiger partial charge in [0.2, 0.25) is 5.91 Å². The molecule has 2 aliphatic heterocycles. The maximum Gasteiger partial charge on any atom is 0.253 e. The molecule has 0 bridgehead atoms. The zero-order valence-electron chi connectivity index (χ0n) is 17.6. The molecule has 1 amide bonds. The number of nitrogens with zero attached hydrogens (tertiary/aromatic N) is 2. The van der Waals surface area contributed by atoms with Gasteiger partial charge in [-0.1, -0.05) is 0 Å². The van der Waals surface area contributed by atoms with Gasteiger partial charge in [0, 0.05) is 50.2 Å². The van der Waals surface area contributed by atoms with Crippen molar-refractivity contribution in [1.29, 1.82) is 0 Å². The highest BCUT2D eigenvalue weighted by atomic mass is 16.5. The first-order valence-electron chi connectivity index (χ1n) is 10.5. The molecule has 0 N–H and O–H groups in total. The molecule has 29 heavy (non-hydrogen) atoms. The average Bonchev–Trinajstić information content (AvgIpc) is 2.77. The van der Waals surface area contributed by atoms with Gasteiger partial charge in [0.15, 0.2) is 0 Å². The number of ether oxygens (including phenoxy) is 2. The van der Waals surface area contributed by atoms with Gasteiger partial charge in [-0.3, -0.25) is 9.59 Å². The molecule has 6 heteroatoms. The van der Waals surface area contributed by atoms with Crippen molar-refractivity contribution in [3.8, 4) is 5.75 Å². The van der Waals surface area contributed by atoms with Crippen molar-refractivity contribution < 1.29 is 14.3 Å². The highest BCUT2D eigenvalue weighted by molar-refractivity contribution is 5.87. The summed E-state index contributed by atoms with van der Waals surface area (Å²) < 4.78 is 12.8. The number of piperidine rings is 1. The van der Waals surface area contributed by atoms with Crippen LogP contribution in [0.4, 0.5) is 0 Å². The summed E-state index contributed by atoms with van der Waals surface area (Å²) in [4.78, 5) is 27.2. The maximum absolute atomic E-state index is 12.8. The third-order valence-electron chi connectivity index (χ3n) is 6.58. The van der Waals surface area contributed by atoms with E-state index in [1.807, 2.05) is 24.9 Å². The monoisotopic (exact) mass is 398 g/mol. The number of rotatable bonds is 3. The van der Waals surface area contributed by atoms with Crippen LogP contribution in [0.2, 0.25) is 0 Å². The Morgan fingerprint density at radius 3 is 2.45 bits per heavy atom. The van der Waals surface area contributed by atoms with Gasteiger partial charge in [0.1, 0.15) is 5.75 Å². The predicted molar refractivity (Wildman–Crippen MR) is 113 cm³/mol. The van der Waals surface area contributed by atoms with Gasteiger partial charge in [-0.05, 0) is 62.3 Å². The quantitative estimate of drug-likeness (QED) is 0.798. The van der Waals surface area contributed by atoms with E-state index in [-0.39, 0.29) is 11.5 Å². The molecule has 6 nitrogen and oxygen atoms in total. The molecule has 0 unspecified atom stereocenters. The maximum atomic E-state index is 12.8. The Morgan fingerprint density at radius 1 is 1.10 bits per heavy atom. The number of carbonyl (C=O) groups is 1. The van der Waals surface area contributed by atoms with Crippen LogP contribution in [0.25, 0.3) is 10.9 Å². The zero-order chi connectivity index (χ0) is 20.5. The number of hydrogen-bond donors (Lipinski definition) is 0. The Morgan fingerprint density at radius 2 is 1.79 bits per heavy atom. The van der Waals surface area contributed by atoms with Gasteiger partial charge >= 0.3 is 0 Å². The summed E-state index contributed by atoms with van der Waals surface area (Å²) in [5.41, 5.74) is 2.82. The number of hydrogen-bond acceptors (Lipinski definition) is 4. The Bertz CT molecular complexity index is 967. The molecule has 0 saturated carbocycles. The molecule has 0 radical (unpaired) electrons. The number of amides is 1. The molecule has 4 rings (SSSR count). The van der Waals surface area contributed by atoms with Crippen LogP contribution in [0.5, 0.6) is 5.75 Å². The third-order valence-corrected chi connectivity index (χ3v) is 6.58. The first-order chi connectivity index (χ1) is 14.0. The zero-order valence-corrected chi connectivity index (χ0v) is 17.6. The highest BCUT2D eigenvalue weighted by Crippen LogP contribution is 2.35. The fourth-order valence-electron chi connectivity index (χ4n) is 4.75. The molecule has 2 aromatic rings. The molecule has 0 atom stereocenters. The third kappa shape index (κ3) is 3.78. The lowest BCUT2D eigenvalue weighted by molar-refractivity contribution is -0.139. The highest BCUT2D eigenvalue weighted by Gasteiger charge is 2.30. The average molecular weight is 399 g/mol. The number of likely N-dealkylation sites (tertiary alicyclic amines) is 1. The van der Waals surface area contributed by atoms with Gasteiger partial charge in [-0.15, -0.1) is 0 Å². The number of aryl methyl sites for hydroxylation is 2. The summed E-state index contributed by atoms with van der Waals surface area (Å²) in [6.07, 6.45) is 3.55. The minimum atomic E-state index is 0.0218. The molecular weight excluding hydrogens is 368 g/mol. The molecule has 0 aliphatic carbocycles. The summed E-state index contributed by atoms with van der Waals surface area (Å²) in [6, 6.07) is 6.14. The Hall–Kier alpha value is -2.34. The van der Waals surface area contributed by atoms with Crippen LogP contribution in [0.1, 0.15) is 42.7 Å². The number of pyridine rings is 1. The van der Waals surface area contributed by atoms with Crippen LogP contribution < -0.4 is 10.3 Å². The first-order valence-corrected chi connectivity index (χ1v) is 10.5. The van der Waals surface area contributed by atoms with E-state index in [1.165, 1.54) is 5.56 Å². The van der Waals surface area contributed by atoms with E-state index in [0.29, 0.717) is 30.6 Å². The first kappa shape index (κ1) is 20.0. The minimum Gasteiger partial charge on any atom is -0.496 e. The number of aromatic nitrogens is 1. The number of fused-ring (bicyclic) bond motifs is 1. The standard InChI is InChI=1S/C23H30N2O4/c1-15-12-19-20(24(2)22(15)26)13-18(14-21(19)28-3)16-4-8-25(9-5-16)23(27)17-6-10-29-11-7-17/h12-14,16-17H,4-11H2,1-3H3. The molecule has 3 heterocycles. The Kier molecular flexibility index (Phi) is 5.63. The van der Waals surface area contributed by atoms with Crippen molar-refractivity contribution in [3.63, 3.8) is 0 Å². The second-order valence-electron chi connectivity index (χ2n) is 8.33. The van der Waals surface area contributed by atoms with Gasteiger partial charge in [0.25, 0.3) is 5.56 Å². The fraction of sp³-hybridized carbons (Fsp3) is 0.565. The van der Waals surface area contributed by atoms with Crippen molar-refractivity contribution >= 4 is 16.8 Å². The van der Waals surface area contributed by atoms with Crippen molar-refractivity contribution in [2.75, 3.05) is 33.4 Å². The summed E-state index contributed by atoms with van der Waals surface area (Å²) in [5.74, 6) is 1.58. The molecule has 0 spiro atoms. The van der Waals surface area contributed by atoms with E-state index in [9.17, 15) is 9.59 Å². The van der Waals surface area contributed by atoms with Crippen LogP contribution in [-0.4, -0.2) is 48.8 Å². The van der Waals surface area contributed by atoms with Crippen molar-refractivity contribution in [3.05, 3.63) is 39.7 Å². The SMILES string of the molecule is COc1cc(C2CCN(C(=O)C3CCOCC3)CC2)cc2c1cc(C)c(=O)n2C. The second-order valence-corrected chi connectivity index (χ2v) is 8.33. The number of benzene rings is 1. The molecule has 1 aromatic heterocycles. The molecule has 2 fully saturated rings. The molecule has 156 valence electrons.